The number of hydrogen-bond donors (Lipinski definition) is 1. The van der Waals surface area contributed by atoms with Crippen LogP contribution in [0.5, 0.6) is 5.75 Å². The monoisotopic (exact) mass is 347 g/mol. The maximum Gasteiger partial charge on any atom is 0.317 e. The molecule has 3 rings (SSSR count). The van der Waals surface area contributed by atoms with Gasteiger partial charge in [-0.2, -0.15) is 0 Å². The van der Waals surface area contributed by atoms with E-state index in [-0.39, 0.29) is 18.0 Å². The molecule has 1 atom stereocenters. The van der Waals surface area contributed by atoms with Crippen LogP contribution in [0, 0.1) is 0 Å². The van der Waals surface area contributed by atoms with Gasteiger partial charge in [0.25, 0.3) is 0 Å². The second-order valence-electron chi connectivity index (χ2n) is 6.39. The number of carbonyl (C=O) groups excluding carboxylic acids is 2. The molecule has 25 heavy (non-hydrogen) atoms. The number of nitrogens with zero attached hydrogens (tertiary/aromatic N) is 2. The summed E-state index contributed by atoms with van der Waals surface area (Å²) in [7, 11) is 0. The molecular formula is C18H25N3O4. The molecule has 0 bridgehead atoms. The summed E-state index contributed by atoms with van der Waals surface area (Å²) in [4.78, 5) is 28.1. The number of morpholine rings is 1. The van der Waals surface area contributed by atoms with E-state index in [2.05, 4.69) is 5.32 Å². The number of hydrogen-bond acceptors (Lipinski definition) is 4. The van der Waals surface area contributed by atoms with Crippen molar-refractivity contribution < 1.29 is 19.1 Å². The minimum Gasteiger partial charge on any atom is -0.489 e. The summed E-state index contributed by atoms with van der Waals surface area (Å²) in [5.74, 6) is 0.884. The van der Waals surface area contributed by atoms with Gasteiger partial charge in [0, 0.05) is 31.6 Å². The van der Waals surface area contributed by atoms with E-state index in [9.17, 15) is 9.59 Å². The van der Waals surface area contributed by atoms with Crippen molar-refractivity contribution in [2.75, 3.05) is 39.4 Å². The number of carbonyl (C=O) groups is 2. The molecule has 2 heterocycles. The molecule has 1 aromatic carbocycles. The van der Waals surface area contributed by atoms with E-state index >= 15 is 0 Å². The molecule has 1 N–H and O–H groups in total. The summed E-state index contributed by atoms with van der Waals surface area (Å²) in [5, 5.41) is 2.85. The van der Waals surface area contributed by atoms with Crippen LogP contribution in [0.1, 0.15) is 18.9 Å². The molecule has 0 radical (unpaired) electrons. The molecule has 0 aliphatic carbocycles. The maximum atomic E-state index is 12.5. The Morgan fingerprint density at radius 2 is 1.96 bits per heavy atom. The molecule has 1 aromatic rings. The lowest BCUT2D eigenvalue weighted by Gasteiger charge is -2.27. The summed E-state index contributed by atoms with van der Waals surface area (Å²) in [5.41, 5.74) is 0.992. The van der Waals surface area contributed by atoms with E-state index in [4.69, 9.17) is 9.47 Å². The van der Waals surface area contributed by atoms with Crippen LogP contribution in [0.2, 0.25) is 0 Å². The highest BCUT2D eigenvalue weighted by atomic mass is 16.5. The molecule has 3 amide bonds. The predicted octanol–water partition coefficient (Wildman–Crippen LogP) is 1.23. The average Bonchev–Trinajstić information content (AvgIpc) is 2.80. The number of benzene rings is 1. The highest BCUT2D eigenvalue weighted by Gasteiger charge is 2.24. The van der Waals surface area contributed by atoms with Crippen LogP contribution in [-0.2, 0) is 16.1 Å². The van der Waals surface area contributed by atoms with Crippen molar-refractivity contribution in [3.05, 3.63) is 29.8 Å². The third-order valence-electron chi connectivity index (χ3n) is 4.41. The van der Waals surface area contributed by atoms with Crippen molar-refractivity contribution in [1.82, 2.24) is 15.1 Å². The van der Waals surface area contributed by atoms with Gasteiger partial charge in [-0.25, -0.2) is 4.79 Å². The van der Waals surface area contributed by atoms with Gasteiger partial charge in [-0.1, -0.05) is 18.2 Å². The highest BCUT2D eigenvalue weighted by Crippen LogP contribution is 2.24. The number of rotatable bonds is 3. The highest BCUT2D eigenvalue weighted by molar-refractivity contribution is 5.78. The summed E-state index contributed by atoms with van der Waals surface area (Å²) >= 11 is 0. The Hall–Kier alpha value is -2.28. The van der Waals surface area contributed by atoms with E-state index in [1.54, 1.807) is 9.80 Å². The number of nitrogens with one attached hydrogen (secondary N) is 1. The predicted molar refractivity (Wildman–Crippen MR) is 92.4 cm³/mol. The van der Waals surface area contributed by atoms with Gasteiger partial charge in [0.1, 0.15) is 11.9 Å². The summed E-state index contributed by atoms with van der Waals surface area (Å²) in [6, 6.07) is 7.60. The van der Waals surface area contributed by atoms with Gasteiger partial charge in [-0.15, -0.1) is 0 Å². The Morgan fingerprint density at radius 3 is 2.76 bits per heavy atom. The van der Waals surface area contributed by atoms with Gasteiger partial charge in [0.2, 0.25) is 5.91 Å². The normalized spacial score (nSPS) is 20.3. The molecule has 2 aliphatic heterocycles. The second kappa shape index (κ2) is 8.20. The summed E-state index contributed by atoms with van der Waals surface area (Å²) in [6.07, 6.45) is 0.228. The lowest BCUT2D eigenvalue weighted by Crippen LogP contribution is -2.45. The fourth-order valence-electron chi connectivity index (χ4n) is 3.10. The van der Waals surface area contributed by atoms with Crippen molar-refractivity contribution in [1.29, 1.82) is 0 Å². The number of amides is 3. The molecule has 0 spiro atoms. The Bertz CT molecular complexity index is 616. The zero-order valence-corrected chi connectivity index (χ0v) is 14.6. The minimum atomic E-state index is -0.165. The van der Waals surface area contributed by atoms with Gasteiger partial charge in [-0.05, 0) is 13.0 Å². The molecule has 1 fully saturated rings. The van der Waals surface area contributed by atoms with Gasteiger partial charge in [-0.3, -0.25) is 4.79 Å². The molecule has 0 saturated carbocycles. The SMILES string of the molecule is CC1CN(C(=O)NCCC(=O)N2CCOCC2)Cc2ccccc2O1. The van der Waals surface area contributed by atoms with Crippen molar-refractivity contribution >= 4 is 11.9 Å². The molecule has 0 aromatic heterocycles. The van der Waals surface area contributed by atoms with Crippen LogP contribution in [0.3, 0.4) is 0 Å². The lowest BCUT2D eigenvalue weighted by atomic mass is 10.2. The second-order valence-corrected chi connectivity index (χ2v) is 6.39. The molecule has 1 saturated heterocycles. The van der Waals surface area contributed by atoms with Gasteiger partial charge in [0.15, 0.2) is 0 Å². The van der Waals surface area contributed by atoms with E-state index in [0.29, 0.717) is 52.4 Å². The van der Waals surface area contributed by atoms with Crippen molar-refractivity contribution in [2.45, 2.75) is 26.0 Å². The fraction of sp³-hybridized carbons (Fsp3) is 0.556. The van der Waals surface area contributed by atoms with E-state index < -0.39 is 0 Å². The molecule has 2 aliphatic rings. The van der Waals surface area contributed by atoms with Crippen molar-refractivity contribution in [3.8, 4) is 5.75 Å². The zero-order chi connectivity index (χ0) is 17.6. The van der Waals surface area contributed by atoms with E-state index in [0.717, 1.165) is 11.3 Å². The largest absolute Gasteiger partial charge is 0.489 e. The van der Waals surface area contributed by atoms with Crippen molar-refractivity contribution in [3.63, 3.8) is 0 Å². The zero-order valence-electron chi connectivity index (χ0n) is 14.6. The Kier molecular flexibility index (Phi) is 5.75. The number of ether oxygens (including phenoxy) is 2. The molecule has 1 unspecified atom stereocenters. The maximum absolute atomic E-state index is 12.5. The third kappa shape index (κ3) is 4.63. The van der Waals surface area contributed by atoms with Crippen LogP contribution in [0.4, 0.5) is 4.79 Å². The fourth-order valence-corrected chi connectivity index (χ4v) is 3.10. The third-order valence-corrected chi connectivity index (χ3v) is 4.41. The Balaban J connectivity index is 1.50. The van der Waals surface area contributed by atoms with Gasteiger partial charge < -0.3 is 24.6 Å². The van der Waals surface area contributed by atoms with E-state index in [1.165, 1.54) is 0 Å². The van der Waals surface area contributed by atoms with Crippen LogP contribution < -0.4 is 10.1 Å². The molecule has 7 heteroatoms. The quantitative estimate of drug-likeness (QED) is 0.893. The average molecular weight is 347 g/mol. The molecule has 7 nitrogen and oxygen atoms in total. The van der Waals surface area contributed by atoms with Crippen LogP contribution in [0.15, 0.2) is 24.3 Å². The van der Waals surface area contributed by atoms with Crippen LogP contribution in [0.25, 0.3) is 0 Å². The first kappa shape index (κ1) is 17.5. The van der Waals surface area contributed by atoms with Crippen molar-refractivity contribution in [2.24, 2.45) is 0 Å². The Labute approximate surface area is 147 Å². The molecular weight excluding hydrogens is 322 g/mol. The smallest absolute Gasteiger partial charge is 0.317 e. The summed E-state index contributed by atoms with van der Waals surface area (Å²) < 4.78 is 11.1. The molecule has 136 valence electrons. The minimum absolute atomic E-state index is 0.0570. The first-order valence-corrected chi connectivity index (χ1v) is 8.76. The van der Waals surface area contributed by atoms with Crippen LogP contribution >= 0.6 is 0 Å². The Morgan fingerprint density at radius 1 is 1.20 bits per heavy atom. The summed E-state index contributed by atoms with van der Waals surface area (Å²) in [6.45, 7) is 5.73. The first-order valence-electron chi connectivity index (χ1n) is 8.76. The number of urea groups is 1. The standard InChI is InChI=1S/C18H25N3O4/c1-14-12-21(13-15-4-2-3-5-16(15)25-14)18(23)19-7-6-17(22)20-8-10-24-11-9-20/h2-5,14H,6-13H2,1H3,(H,19,23). The topological polar surface area (TPSA) is 71.1 Å². The number of fused-ring (bicyclic) bond motifs is 1. The first-order chi connectivity index (χ1) is 12.1. The van der Waals surface area contributed by atoms with Gasteiger partial charge in [0.05, 0.1) is 26.3 Å². The van der Waals surface area contributed by atoms with Crippen LogP contribution in [-0.4, -0.2) is 67.2 Å². The lowest BCUT2D eigenvalue weighted by molar-refractivity contribution is -0.135. The number of para-hydroxylation sites is 1. The van der Waals surface area contributed by atoms with Gasteiger partial charge >= 0.3 is 6.03 Å². The van der Waals surface area contributed by atoms with E-state index in [1.807, 2.05) is 31.2 Å².